The molecule has 5 nitrogen and oxygen atoms in total. The van der Waals surface area contributed by atoms with Crippen molar-refractivity contribution >= 4 is 32.6 Å². The lowest BCUT2D eigenvalue weighted by atomic mass is 10.0. The third-order valence-electron chi connectivity index (χ3n) is 5.92. The van der Waals surface area contributed by atoms with E-state index in [0.717, 1.165) is 38.0 Å². The van der Waals surface area contributed by atoms with Crippen molar-refractivity contribution in [2.45, 2.75) is 19.9 Å². The van der Waals surface area contributed by atoms with Crippen LogP contribution >= 0.6 is 11.3 Å². The van der Waals surface area contributed by atoms with Crippen LogP contribution in [0.4, 0.5) is 5.13 Å². The molecule has 5 aromatic rings. The first kappa shape index (κ1) is 22.7. The molecular formula is C29H25N3O2S. The molecule has 0 bridgehead atoms. The van der Waals surface area contributed by atoms with Gasteiger partial charge in [-0.25, -0.2) is 4.98 Å². The van der Waals surface area contributed by atoms with Gasteiger partial charge in [-0.1, -0.05) is 78.1 Å². The smallest absolute Gasteiger partial charge is 0.233 e. The van der Waals surface area contributed by atoms with Crippen LogP contribution in [-0.2, 0) is 17.8 Å². The van der Waals surface area contributed by atoms with Crippen molar-refractivity contribution in [1.29, 1.82) is 0 Å². The molecule has 0 radical (unpaired) electrons. The van der Waals surface area contributed by atoms with Crippen molar-refractivity contribution < 1.29 is 9.53 Å². The Bertz CT molecular complexity index is 1450. The number of carbonyl (C=O) groups is 1. The Kier molecular flexibility index (Phi) is 6.55. The summed E-state index contributed by atoms with van der Waals surface area (Å²) in [5, 5.41) is 0.655. The molecule has 2 aromatic heterocycles. The summed E-state index contributed by atoms with van der Waals surface area (Å²) in [6.07, 6.45) is 3.80. The zero-order valence-corrected chi connectivity index (χ0v) is 20.5. The number of amides is 1. The molecule has 0 unspecified atom stereocenters. The Morgan fingerprint density at radius 1 is 0.914 bits per heavy atom. The Balaban J connectivity index is 1.46. The van der Waals surface area contributed by atoms with Gasteiger partial charge >= 0.3 is 0 Å². The fourth-order valence-corrected chi connectivity index (χ4v) is 5.10. The van der Waals surface area contributed by atoms with Crippen LogP contribution in [0.1, 0.15) is 16.7 Å². The minimum atomic E-state index is -0.0167. The number of anilines is 1. The number of hydrogen-bond acceptors (Lipinski definition) is 5. The van der Waals surface area contributed by atoms with Gasteiger partial charge in [0.1, 0.15) is 11.3 Å². The van der Waals surface area contributed by atoms with E-state index in [0.29, 0.717) is 17.4 Å². The second-order valence-corrected chi connectivity index (χ2v) is 9.32. The van der Waals surface area contributed by atoms with Gasteiger partial charge in [0, 0.05) is 12.4 Å². The van der Waals surface area contributed by atoms with Crippen LogP contribution in [0.3, 0.4) is 0 Å². The van der Waals surface area contributed by atoms with Gasteiger partial charge in [0.05, 0.1) is 24.8 Å². The number of hydrogen-bond donors (Lipinski definition) is 0. The third kappa shape index (κ3) is 4.93. The van der Waals surface area contributed by atoms with Crippen molar-refractivity contribution in [3.63, 3.8) is 0 Å². The van der Waals surface area contributed by atoms with Crippen molar-refractivity contribution in [1.82, 2.24) is 9.97 Å². The average Bonchev–Trinajstić information content (AvgIpc) is 3.35. The minimum absolute atomic E-state index is 0.0167. The SMILES string of the molecule is COc1ccc(C)c2sc(N(Cc3cccnc3)C(=O)Cc3ccc(-c4ccccc4)cc3)nc12. The van der Waals surface area contributed by atoms with Crippen LogP contribution < -0.4 is 9.64 Å². The predicted molar refractivity (Wildman–Crippen MR) is 142 cm³/mol. The third-order valence-corrected chi connectivity index (χ3v) is 7.14. The van der Waals surface area contributed by atoms with E-state index < -0.39 is 0 Å². The lowest BCUT2D eigenvalue weighted by molar-refractivity contribution is -0.118. The van der Waals surface area contributed by atoms with Crippen LogP contribution in [0, 0.1) is 6.92 Å². The van der Waals surface area contributed by atoms with Crippen LogP contribution in [-0.4, -0.2) is 23.0 Å². The molecule has 3 aromatic carbocycles. The molecule has 0 N–H and O–H groups in total. The number of fused-ring (bicyclic) bond motifs is 1. The van der Waals surface area contributed by atoms with Gasteiger partial charge in [0.25, 0.3) is 0 Å². The van der Waals surface area contributed by atoms with E-state index in [1.807, 2.05) is 61.5 Å². The summed E-state index contributed by atoms with van der Waals surface area (Å²) in [4.78, 5) is 24.4. The number of rotatable bonds is 7. The quantitative estimate of drug-likeness (QED) is 0.269. The normalized spacial score (nSPS) is 10.9. The summed E-state index contributed by atoms with van der Waals surface area (Å²) < 4.78 is 6.55. The maximum absolute atomic E-state index is 13.6. The molecule has 0 atom stereocenters. The largest absolute Gasteiger partial charge is 0.494 e. The molecule has 35 heavy (non-hydrogen) atoms. The number of benzene rings is 3. The van der Waals surface area contributed by atoms with E-state index in [-0.39, 0.29) is 12.3 Å². The predicted octanol–water partition coefficient (Wildman–Crippen LogP) is 6.45. The Morgan fingerprint density at radius 2 is 1.69 bits per heavy atom. The van der Waals surface area contributed by atoms with Gasteiger partial charge in [-0.05, 0) is 46.9 Å². The monoisotopic (exact) mass is 479 g/mol. The van der Waals surface area contributed by atoms with E-state index in [9.17, 15) is 4.79 Å². The Morgan fingerprint density at radius 3 is 2.40 bits per heavy atom. The Labute approximate surface area is 208 Å². The van der Waals surface area contributed by atoms with Gasteiger partial charge in [0.15, 0.2) is 5.13 Å². The summed E-state index contributed by atoms with van der Waals surface area (Å²) in [7, 11) is 1.64. The van der Waals surface area contributed by atoms with Crippen molar-refractivity contribution in [2.75, 3.05) is 12.0 Å². The van der Waals surface area contributed by atoms with Gasteiger partial charge < -0.3 is 4.74 Å². The molecule has 0 saturated heterocycles. The molecule has 5 rings (SSSR count). The summed E-state index contributed by atoms with van der Waals surface area (Å²) in [5.41, 5.74) is 6.08. The second-order valence-electron chi connectivity index (χ2n) is 8.34. The highest BCUT2D eigenvalue weighted by Gasteiger charge is 2.22. The fraction of sp³-hybridized carbons (Fsp3) is 0.138. The van der Waals surface area contributed by atoms with Crippen molar-refractivity contribution in [3.8, 4) is 16.9 Å². The molecule has 174 valence electrons. The molecule has 0 fully saturated rings. The van der Waals surface area contributed by atoms with Crippen molar-refractivity contribution in [2.24, 2.45) is 0 Å². The number of ether oxygens (including phenoxy) is 1. The molecule has 2 heterocycles. The fourth-order valence-electron chi connectivity index (χ4n) is 4.03. The number of aromatic nitrogens is 2. The van der Waals surface area contributed by atoms with Crippen LogP contribution in [0.2, 0.25) is 0 Å². The second kappa shape index (κ2) is 10.1. The number of thiazole rings is 1. The standard InChI is InChI=1S/C29H25N3O2S/c1-20-10-15-25(34-2)27-28(20)35-29(31-27)32(19-22-7-6-16-30-18-22)26(33)17-21-11-13-24(14-12-21)23-8-4-3-5-9-23/h3-16,18H,17,19H2,1-2H3. The van der Waals surface area contributed by atoms with Crippen molar-refractivity contribution in [3.05, 3.63) is 108 Å². The van der Waals surface area contributed by atoms with Crippen LogP contribution in [0.15, 0.2) is 91.3 Å². The topological polar surface area (TPSA) is 55.3 Å². The van der Waals surface area contributed by atoms with E-state index >= 15 is 0 Å². The van der Waals surface area contributed by atoms with Gasteiger partial charge in [-0.3, -0.25) is 14.7 Å². The number of carbonyl (C=O) groups excluding carboxylic acids is 1. The highest BCUT2D eigenvalue weighted by Crippen LogP contribution is 2.37. The lowest BCUT2D eigenvalue weighted by Crippen LogP contribution is -2.31. The summed E-state index contributed by atoms with van der Waals surface area (Å²) in [6, 6.07) is 26.2. The first-order valence-corrected chi connectivity index (χ1v) is 12.2. The highest BCUT2D eigenvalue weighted by molar-refractivity contribution is 7.22. The van der Waals surface area contributed by atoms with Gasteiger partial charge in [0.2, 0.25) is 5.91 Å². The first-order valence-electron chi connectivity index (χ1n) is 11.4. The Hall–Kier alpha value is -4.03. The molecular weight excluding hydrogens is 454 g/mol. The average molecular weight is 480 g/mol. The minimum Gasteiger partial charge on any atom is -0.494 e. The first-order chi connectivity index (χ1) is 17.1. The molecule has 0 spiro atoms. The van der Waals surface area contributed by atoms with E-state index in [4.69, 9.17) is 9.72 Å². The number of aryl methyl sites for hydroxylation is 1. The molecule has 0 aliphatic rings. The molecule has 6 heteroatoms. The molecule has 0 saturated carbocycles. The lowest BCUT2D eigenvalue weighted by Gasteiger charge is -2.20. The number of pyridine rings is 1. The maximum atomic E-state index is 13.6. The van der Waals surface area contributed by atoms with Gasteiger partial charge in [-0.2, -0.15) is 0 Å². The number of methoxy groups -OCH3 is 1. The highest BCUT2D eigenvalue weighted by atomic mass is 32.1. The van der Waals surface area contributed by atoms with Crippen LogP contribution in [0.25, 0.3) is 21.3 Å². The van der Waals surface area contributed by atoms with E-state index in [1.165, 1.54) is 11.3 Å². The van der Waals surface area contributed by atoms with E-state index in [2.05, 4.69) is 29.2 Å². The summed E-state index contributed by atoms with van der Waals surface area (Å²) in [6.45, 7) is 2.45. The zero-order valence-electron chi connectivity index (χ0n) is 19.6. The van der Waals surface area contributed by atoms with Crippen LogP contribution in [0.5, 0.6) is 5.75 Å². The molecule has 0 aliphatic heterocycles. The number of nitrogens with zero attached hydrogens (tertiary/aromatic N) is 3. The maximum Gasteiger partial charge on any atom is 0.233 e. The summed E-state index contributed by atoms with van der Waals surface area (Å²) >= 11 is 1.51. The summed E-state index contributed by atoms with van der Waals surface area (Å²) in [5.74, 6) is 0.690. The van der Waals surface area contributed by atoms with E-state index in [1.54, 1.807) is 24.4 Å². The molecule has 0 aliphatic carbocycles. The zero-order chi connectivity index (χ0) is 24.2. The van der Waals surface area contributed by atoms with Gasteiger partial charge in [-0.15, -0.1) is 0 Å². The molecule has 1 amide bonds.